The fraction of sp³-hybridized carbons (Fsp3) is 0.259. The molecule has 0 spiro atoms. The number of amides is 2. The lowest BCUT2D eigenvalue weighted by Gasteiger charge is -2.17. The van der Waals surface area contributed by atoms with Crippen molar-refractivity contribution in [3.63, 3.8) is 0 Å². The molecule has 0 saturated heterocycles. The van der Waals surface area contributed by atoms with Gasteiger partial charge in [-0.1, -0.05) is 48.5 Å². The molecule has 2 amide bonds. The van der Waals surface area contributed by atoms with Gasteiger partial charge in [-0.3, -0.25) is 9.78 Å². The van der Waals surface area contributed by atoms with Gasteiger partial charge >= 0.3 is 12.1 Å². The van der Waals surface area contributed by atoms with E-state index in [1.54, 1.807) is 0 Å². The van der Waals surface area contributed by atoms with Crippen LogP contribution in [0.25, 0.3) is 11.1 Å². The molecule has 0 radical (unpaired) electrons. The second-order valence-corrected chi connectivity index (χ2v) is 8.93. The summed E-state index contributed by atoms with van der Waals surface area (Å²) in [6.45, 7) is 0.239. The lowest BCUT2D eigenvalue weighted by molar-refractivity contribution is -0.119. The van der Waals surface area contributed by atoms with Crippen LogP contribution >= 0.6 is 0 Å². The molecule has 0 bridgehead atoms. The zero-order chi connectivity index (χ0) is 24.4. The van der Waals surface area contributed by atoms with Gasteiger partial charge in [0, 0.05) is 24.1 Å². The highest BCUT2D eigenvalue weighted by molar-refractivity contribution is 5.94. The number of aromatic nitrogens is 1. The molecule has 3 aromatic rings. The largest absolute Gasteiger partial charge is 0.478 e. The highest BCUT2D eigenvalue weighted by Gasteiger charge is 2.32. The summed E-state index contributed by atoms with van der Waals surface area (Å²) in [4.78, 5) is 40.1. The second kappa shape index (κ2) is 9.58. The van der Waals surface area contributed by atoms with Gasteiger partial charge in [0.1, 0.15) is 6.61 Å². The summed E-state index contributed by atoms with van der Waals surface area (Å²) in [6, 6.07) is 17.5. The van der Waals surface area contributed by atoms with E-state index in [1.807, 2.05) is 24.3 Å². The Kier molecular flexibility index (Phi) is 6.18. The first kappa shape index (κ1) is 22.6. The van der Waals surface area contributed by atoms with Crippen molar-refractivity contribution in [2.45, 2.75) is 31.2 Å². The topological polar surface area (TPSA) is 118 Å². The summed E-state index contributed by atoms with van der Waals surface area (Å²) in [7, 11) is 0. The molecule has 2 aliphatic carbocycles. The number of hydrogen-bond acceptors (Lipinski definition) is 5. The van der Waals surface area contributed by atoms with E-state index >= 15 is 0 Å². The summed E-state index contributed by atoms with van der Waals surface area (Å²) in [6.07, 6.45) is 3.91. The molecule has 2 unspecified atom stereocenters. The number of aromatic carboxylic acids is 1. The van der Waals surface area contributed by atoms with Crippen LogP contribution in [0.5, 0.6) is 0 Å². The summed E-state index contributed by atoms with van der Waals surface area (Å²) in [5.41, 5.74) is 4.99. The molecule has 2 aromatic carbocycles. The fourth-order valence-corrected chi connectivity index (χ4v) is 5.03. The highest BCUT2D eigenvalue weighted by Crippen LogP contribution is 2.44. The van der Waals surface area contributed by atoms with Gasteiger partial charge in [0.25, 0.3) is 0 Å². The molecule has 1 aromatic heterocycles. The number of carboxylic acids is 1. The lowest BCUT2D eigenvalue weighted by atomic mass is 9.98. The van der Waals surface area contributed by atoms with Crippen molar-refractivity contribution in [2.75, 3.05) is 11.9 Å². The summed E-state index contributed by atoms with van der Waals surface area (Å²) < 4.78 is 5.61. The van der Waals surface area contributed by atoms with Crippen molar-refractivity contribution in [1.82, 2.24) is 10.3 Å². The van der Waals surface area contributed by atoms with Gasteiger partial charge in [-0.25, -0.2) is 9.59 Å². The molecule has 8 heteroatoms. The van der Waals surface area contributed by atoms with Crippen LogP contribution in [0.3, 0.4) is 0 Å². The summed E-state index contributed by atoms with van der Waals surface area (Å²) in [5.74, 6) is -1.62. The van der Waals surface area contributed by atoms with Gasteiger partial charge in [0.15, 0.2) is 0 Å². The van der Waals surface area contributed by atoms with Crippen molar-refractivity contribution >= 4 is 23.7 Å². The van der Waals surface area contributed by atoms with Crippen LogP contribution in [0, 0.1) is 5.92 Å². The Morgan fingerprint density at radius 2 is 1.66 bits per heavy atom. The Morgan fingerprint density at radius 3 is 2.34 bits per heavy atom. The number of hydrogen-bond donors (Lipinski definition) is 3. The summed E-state index contributed by atoms with van der Waals surface area (Å²) >= 11 is 0. The maximum absolute atomic E-state index is 12.6. The van der Waals surface area contributed by atoms with Crippen molar-refractivity contribution in [1.29, 1.82) is 0 Å². The number of carboxylic acid groups (broad SMARTS) is 1. The number of fused-ring (bicyclic) bond motifs is 3. The predicted molar refractivity (Wildman–Crippen MR) is 129 cm³/mol. The number of benzene rings is 2. The number of ether oxygens (including phenoxy) is 1. The van der Waals surface area contributed by atoms with E-state index in [-0.39, 0.29) is 36.0 Å². The Morgan fingerprint density at radius 1 is 0.971 bits per heavy atom. The number of rotatable bonds is 6. The molecule has 8 nitrogen and oxygen atoms in total. The first-order chi connectivity index (χ1) is 17.0. The number of carbonyl (C=O) groups excluding carboxylic acids is 2. The Balaban J connectivity index is 1.14. The lowest BCUT2D eigenvalue weighted by Crippen LogP contribution is -2.35. The van der Waals surface area contributed by atoms with E-state index in [4.69, 9.17) is 9.84 Å². The van der Waals surface area contributed by atoms with E-state index < -0.39 is 12.1 Å². The number of anilines is 1. The van der Waals surface area contributed by atoms with Crippen LogP contribution in [0.2, 0.25) is 0 Å². The zero-order valence-corrected chi connectivity index (χ0v) is 18.9. The van der Waals surface area contributed by atoms with Gasteiger partial charge in [-0.05, 0) is 47.6 Å². The molecule has 5 rings (SSSR count). The molecule has 1 heterocycles. The molecule has 1 fully saturated rings. The standard InChI is InChI=1S/C27H25N3O5/c31-25(29-19-12-17(26(32)33)13-28-14-19)16-9-10-18(11-16)30-27(34)35-15-24-22-7-3-1-5-20(22)21-6-2-4-8-23(21)24/h1-8,12-14,16,18,24H,9-11,15H2,(H,29,31)(H,30,34)(H,32,33). The minimum atomic E-state index is -1.11. The molecule has 1 saturated carbocycles. The predicted octanol–water partition coefficient (Wildman–Crippen LogP) is 4.43. The molecule has 178 valence electrons. The van der Waals surface area contributed by atoms with Gasteiger partial charge in [0.2, 0.25) is 5.91 Å². The molecule has 35 heavy (non-hydrogen) atoms. The normalized spacial score (nSPS) is 18.4. The minimum absolute atomic E-state index is 0.00372. The van der Waals surface area contributed by atoms with Crippen LogP contribution in [-0.2, 0) is 9.53 Å². The number of nitrogens with zero attached hydrogens (tertiary/aromatic N) is 1. The zero-order valence-electron chi connectivity index (χ0n) is 18.9. The van der Waals surface area contributed by atoms with Crippen molar-refractivity contribution < 1.29 is 24.2 Å². The third kappa shape index (κ3) is 4.73. The monoisotopic (exact) mass is 471 g/mol. The number of carbonyl (C=O) groups is 3. The summed E-state index contributed by atoms with van der Waals surface area (Å²) in [5, 5.41) is 14.7. The van der Waals surface area contributed by atoms with E-state index in [2.05, 4.69) is 39.9 Å². The van der Waals surface area contributed by atoms with Crippen LogP contribution < -0.4 is 10.6 Å². The number of nitrogens with one attached hydrogen (secondary N) is 2. The van der Waals surface area contributed by atoms with Crippen LogP contribution in [0.1, 0.15) is 46.7 Å². The SMILES string of the molecule is O=C(NC1CCC(C(=O)Nc2cncc(C(=O)O)c2)C1)OCC1c2ccccc2-c2ccccc21. The van der Waals surface area contributed by atoms with Crippen molar-refractivity contribution in [2.24, 2.45) is 5.92 Å². The van der Waals surface area contributed by atoms with Crippen molar-refractivity contribution in [3.8, 4) is 11.1 Å². The smallest absolute Gasteiger partial charge is 0.407 e. The molecular weight excluding hydrogens is 446 g/mol. The average molecular weight is 472 g/mol. The Hall–Kier alpha value is -4.20. The first-order valence-corrected chi connectivity index (χ1v) is 11.6. The van der Waals surface area contributed by atoms with E-state index in [1.165, 1.54) is 29.6 Å². The Bertz CT molecular complexity index is 1250. The van der Waals surface area contributed by atoms with Crippen LogP contribution in [-0.4, -0.2) is 40.7 Å². The fourth-order valence-electron chi connectivity index (χ4n) is 5.03. The van der Waals surface area contributed by atoms with Gasteiger partial charge < -0.3 is 20.5 Å². The number of alkyl carbamates (subject to hydrolysis) is 1. The van der Waals surface area contributed by atoms with Crippen molar-refractivity contribution in [3.05, 3.63) is 83.7 Å². The Labute approximate surface area is 202 Å². The van der Waals surface area contributed by atoms with E-state index in [0.717, 1.165) is 11.1 Å². The molecule has 2 atom stereocenters. The second-order valence-electron chi connectivity index (χ2n) is 8.93. The third-order valence-corrected chi connectivity index (χ3v) is 6.72. The van der Waals surface area contributed by atoms with E-state index in [0.29, 0.717) is 24.9 Å². The molecular formula is C27H25N3O5. The average Bonchev–Trinajstić information content (AvgIpc) is 3.46. The highest BCUT2D eigenvalue weighted by atomic mass is 16.5. The quantitative estimate of drug-likeness (QED) is 0.490. The van der Waals surface area contributed by atoms with E-state index in [9.17, 15) is 14.4 Å². The maximum Gasteiger partial charge on any atom is 0.407 e. The first-order valence-electron chi connectivity index (χ1n) is 11.6. The molecule has 3 N–H and O–H groups in total. The van der Waals surface area contributed by atoms with Crippen LogP contribution in [0.4, 0.5) is 10.5 Å². The minimum Gasteiger partial charge on any atom is -0.478 e. The molecule has 2 aliphatic rings. The van der Waals surface area contributed by atoms with Gasteiger partial charge in [-0.15, -0.1) is 0 Å². The number of pyridine rings is 1. The maximum atomic E-state index is 12.6. The third-order valence-electron chi connectivity index (χ3n) is 6.72. The van der Waals surface area contributed by atoms with Gasteiger partial charge in [-0.2, -0.15) is 0 Å². The van der Waals surface area contributed by atoms with Gasteiger partial charge in [0.05, 0.1) is 17.4 Å². The molecule has 0 aliphatic heterocycles. The van der Waals surface area contributed by atoms with Crippen LogP contribution in [0.15, 0.2) is 67.0 Å².